The van der Waals surface area contributed by atoms with Crippen LogP contribution in [0.3, 0.4) is 0 Å². The molecule has 1 aromatic carbocycles. The number of ether oxygens (including phenoxy) is 2. The summed E-state index contributed by atoms with van der Waals surface area (Å²) in [6, 6.07) is 3.80. The van der Waals surface area contributed by atoms with Crippen molar-refractivity contribution in [3.8, 4) is 0 Å². The van der Waals surface area contributed by atoms with E-state index in [-0.39, 0.29) is 6.42 Å². The number of aromatic amines is 1. The summed E-state index contributed by atoms with van der Waals surface area (Å²) in [6.45, 7) is -3.70. The van der Waals surface area contributed by atoms with Gasteiger partial charge in [0.25, 0.3) is 0 Å². The average Bonchev–Trinajstić information content (AvgIpc) is 3.15. The Hall–Kier alpha value is -3.29. The Morgan fingerprint density at radius 2 is 1.56 bits per heavy atom. The molecule has 0 saturated heterocycles. The molecule has 0 fully saturated rings. The fourth-order valence-electron chi connectivity index (χ4n) is 2.90. The van der Waals surface area contributed by atoms with E-state index < -0.39 is 68.3 Å². The van der Waals surface area contributed by atoms with Crippen molar-refractivity contribution in [2.75, 3.05) is 13.2 Å². The lowest BCUT2D eigenvalue weighted by molar-refractivity contribution is -0.187. The summed E-state index contributed by atoms with van der Waals surface area (Å²) >= 11 is 0. The second kappa shape index (κ2) is 11.2. The van der Waals surface area contributed by atoms with E-state index in [1.54, 1.807) is 24.3 Å². The molecule has 1 heterocycles. The molecular formula is C20H21F6N3O5. The SMILES string of the molecule is N[C@H](CCC(=O)N[C@H](Cc1c[nH]c2ccccc12)C(=O)OCC(F)(F)F)C(=O)OCC(F)(F)F. The number of hydrogen-bond donors (Lipinski definition) is 3. The number of fused-ring (bicyclic) bond motifs is 1. The van der Waals surface area contributed by atoms with Gasteiger partial charge in [-0.15, -0.1) is 0 Å². The summed E-state index contributed by atoms with van der Waals surface area (Å²) in [5.74, 6) is -3.61. The standard InChI is InChI=1S/C20H21F6N3O5/c21-19(22,23)9-33-17(31)13(27)5-6-16(30)29-15(18(32)34-10-20(24,25)26)7-11-8-28-14-4-2-1-3-12(11)14/h1-4,8,13,15,28H,5-7,9-10,27H2,(H,29,30)/t13-,15-/m1/s1. The first kappa shape index (κ1) is 27.0. The van der Waals surface area contributed by atoms with Crippen LogP contribution in [0.25, 0.3) is 10.9 Å². The third kappa shape index (κ3) is 8.92. The third-order valence-corrected chi connectivity index (χ3v) is 4.46. The highest BCUT2D eigenvalue weighted by molar-refractivity contribution is 5.87. The monoisotopic (exact) mass is 497 g/mol. The zero-order chi connectivity index (χ0) is 25.5. The molecule has 2 atom stereocenters. The summed E-state index contributed by atoms with van der Waals surface area (Å²) in [6.07, 6.45) is -9.17. The van der Waals surface area contributed by atoms with Gasteiger partial charge in [0.05, 0.1) is 0 Å². The quantitative estimate of drug-likeness (QED) is 0.343. The molecule has 4 N–H and O–H groups in total. The average molecular weight is 497 g/mol. The molecule has 14 heteroatoms. The van der Waals surface area contributed by atoms with E-state index >= 15 is 0 Å². The number of alkyl halides is 6. The number of hydrogen-bond acceptors (Lipinski definition) is 6. The van der Waals surface area contributed by atoms with Gasteiger partial charge in [-0.05, 0) is 18.1 Å². The Labute approximate surface area is 188 Å². The molecule has 0 unspecified atom stereocenters. The van der Waals surface area contributed by atoms with Crippen LogP contribution >= 0.6 is 0 Å². The van der Waals surface area contributed by atoms with Gasteiger partial charge in [0.2, 0.25) is 5.91 Å². The minimum absolute atomic E-state index is 0.216. The van der Waals surface area contributed by atoms with Crippen molar-refractivity contribution < 1.29 is 50.2 Å². The normalized spacial score (nSPS) is 13.9. The van der Waals surface area contributed by atoms with Crippen LogP contribution in [0.2, 0.25) is 0 Å². The number of halogens is 6. The molecular weight excluding hydrogens is 476 g/mol. The molecule has 2 rings (SSSR count). The van der Waals surface area contributed by atoms with Crippen LogP contribution in [0, 0.1) is 0 Å². The first-order valence-corrected chi connectivity index (χ1v) is 9.82. The summed E-state index contributed by atoms with van der Waals surface area (Å²) in [4.78, 5) is 38.9. The maximum absolute atomic E-state index is 12.5. The van der Waals surface area contributed by atoms with Crippen LogP contribution in [-0.4, -0.2) is 60.5 Å². The molecule has 0 aliphatic heterocycles. The highest BCUT2D eigenvalue weighted by Crippen LogP contribution is 2.20. The van der Waals surface area contributed by atoms with Gasteiger partial charge in [0, 0.05) is 29.9 Å². The molecule has 0 bridgehead atoms. The van der Waals surface area contributed by atoms with E-state index in [0.29, 0.717) is 16.5 Å². The van der Waals surface area contributed by atoms with Crippen molar-refractivity contribution in [1.82, 2.24) is 10.3 Å². The predicted octanol–water partition coefficient (Wildman–Crippen LogP) is 2.51. The third-order valence-electron chi connectivity index (χ3n) is 4.46. The van der Waals surface area contributed by atoms with Crippen LogP contribution in [0.15, 0.2) is 30.5 Å². The predicted molar refractivity (Wildman–Crippen MR) is 105 cm³/mol. The van der Waals surface area contributed by atoms with Gasteiger partial charge in [-0.1, -0.05) is 18.2 Å². The van der Waals surface area contributed by atoms with Gasteiger partial charge >= 0.3 is 24.3 Å². The lowest BCUT2D eigenvalue weighted by atomic mass is 10.0. The Morgan fingerprint density at radius 3 is 2.18 bits per heavy atom. The molecule has 0 aliphatic rings. The van der Waals surface area contributed by atoms with Crippen LogP contribution in [0.4, 0.5) is 26.3 Å². The van der Waals surface area contributed by atoms with E-state index in [0.717, 1.165) is 0 Å². The molecule has 2 aromatic rings. The number of nitrogens with one attached hydrogen (secondary N) is 2. The van der Waals surface area contributed by atoms with E-state index in [1.807, 2.05) is 0 Å². The summed E-state index contributed by atoms with van der Waals surface area (Å²) in [5, 5.41) is 2.89. The van der Waals surface area contributed by atoms with Gasteiger partial charge < -0.3 is 25.5 Å². The molecule has 34 heavy (non-hydrogen) atoms. The van der Waals surface area contributed by atoms with Crippen molar-refractivity contribution >= 4 is 28.7 Å². The molecule has 8 nitrogen and oxygen atoms in total. The van der Waals surface area contributed by atoms with Crippen LogP contribution in [0.5, 0.6) is 0 Å². The van der Waals surface area contributed by atoms with Gasteiger partial charge in [-0.25, -0.2) is 4.79 Å². The Morgan fingerprint density at radius 1 is 0.971 bits per heavy atom. The number of aromatic nitrogens is 1. The maximum atomic E-state index is 12.5. The number of nitrogens with two attached hydrogens (primary N) is 1. The highest BCUT2D eigenvalue weighted by Gasteiger charge is 2.33. The Bertz CT molecular complexity index is 1000. The number of rotatable bonds is 10. The number of carbonyl (C=O) groups excluding carboxylic acids is 3. The lowest BCUT2D eigenvalue weighted by Crippen LogP contribution is -2.45. The zero-order valence-corrected chi connectivity index (χ0v) is 17.5. The number of esters is 2. The molecule has 188 valence electrons. The van der Waals surface area contributed by atoms with Crippen LogP contribution < -0.4 is 11.1 Å². The zero-order valence-electron chi connectivity index (χ0n) is 17.5. The summed E-state index contributed by atoms with van der Waals surface area (Å²) < 4.78 is 81.9. The second-order valence-corrected chi connectivity index (χ2v) is 7.27. The first-order valence-electron chi connectivity index (χ1n) is 9.82. The molecule has 1 aromatic heterocycles. The molecule has 0 saturated carbocycles. The van der Waals surface area contributed by atoms with Crippen molar-refractivity contribution in [3.05, 3.63) is 36.0 Å². The Balaban J connectivity index is 2.02. The maximum Gasteiger partial charge on any atom is 0.422 e. The molecule has 1 amide bonds. The summed E-state index contributed by atoms with van der Waals surface area (Å²) in [7, 11) is 0. The lowest BCUT2D eigenvalue weighted by Gasteiger charge is -2.19. The van der Waals surface area contributed by atoms with E-state index in [4.69, 9.17) is 5.73 Å². The number of para-hydroxylation sites is 1. The second-order valence-electron chi connectivity index (χ2n) is 7.27. The van der Waals surface area contributed by atoms with Crippen molar-refractivity contribution in [2.24, 2.45) is 5.73 Å². The largest absolute Gasteiger partial charge is 0.455 e. The number of carbonyl (C=O) groups is 3. The smallest absolute Gasteiger partial charge is 0.422 e. The van der Waals surface area contributed by atoms with Gasteiger partial charge in [-0.3, -0.25) is 9.59 Å². The van der Waals surface area contributed by atoms with Crippen molar-refractivity contribution in [1.29, 1.82) is 0 Å². The van der Waals surface area contributed by atoms with Crippen LogP contribution in [-0.2, 0) is 30.3 Å². The fourth-order valence-corrected chi connectivity index (χ4v) is 2.90. The minimum Gasteiger partial charge on any atom is -0.455 e. The van der Waals surface area contributed by atoms with Crippen molar-refractivity contribution in [3.63, 3.8) is 0 Å². The molecule has 0 aliphatic carbocycles. The van der Waals surface area contributed by atoms with E-state index in [9.17, 15) is 40.7 Å². The topological polar surface area (TPSA) is 124 Å². The minimum atomic E-state index is -4.78. The van der Waals surface area contributed by atoms with E-state index in [1.165, 1.54) is 6.20 Å². The van der Waals surface area contributed by atoms with Gasteiger partial charge in [-0.2, -0.15) is 26.3 Å². The Kier molecular flexibility index (Phi) is 8.90. The summed E-state index contributed by atoms with van der Waals surface area (Å²) in [5.41, 5.74) is 6.61. The van der Waals surface area contributed by atoms with E-state index in [2.05, 4.69) is 19.8 Å². The highest BCUT2D eigenvalue weighted by atomic mass is 19.4. The van der Waals surface area contributed by atoms with Gasteiger partial charge in [0.15, 0.2) is 13.2 Å². The van der Waals surface area contributed by atoms with Crippen LogP contribution in [0.1, 0.15) is 18.4 Å². The number of H-pyrrole nitrogens is 1. The number of amides is 1. The number of benzene rings is 1. The van der Waals surface area contributed by atoms with Crippen molar-refractivity contribution in [2.45, 2.75) is 43.7 Å². The fraction of sp³-hybridized carbons (Fsp3) is 0.450. The first-order chi connectivity index (χ1) is 15.7. The van der Waals surface area contributed by atoms with Gasteiger partial charge in [0.1, 0.15) is 12.1 Å². The molecule has 0 radical (unpaired) electrons. The molecule has 0 spiro atoms.